The number of hydrogen-bond donors (Lipinski definition) is 2. The fraction of sp³-hybridized carbons (Fsp3) is 0.318. The molecule has 4 rings (SSSR count). The van der Waals surface area contributed by atoms with Crippen LogP contribution in [-0.4, -0.2) is 25.8 Å². The molecule has 1 aliphatic rings. The molecule has 3 unspecified atom stereocenters. The van der Waals surface area contributed by atoms with Gasteiger partial charge in [0.15, 0.2) is 11.6 Å². The Bertz CT molecular complexity index is 1170. The topological polar surface area (TPSA) is 103 Å². The van der Waals surface area contributed by atoms with Crippen molar-refractivity contribution in [1.82, 2.24) is 14.8 Å². The van der Waals surface area contributed by atoms with E-state index in [9.17, 15) is 9.18 Å². The summed E-state index contributed by atoms with van der Waals surface area (Å²) in [5, 5.41) is 13.5. The van der Waals surface area contributed by atoms with Crippen molar-refractivity contribution in [2.75, 3.05) is 5.73 Å². The number of nitrogens with two attached hydrogens (primary N) is 1. The zero-order valence-electron chi connectivity index (χ0n) is 17.1. The number of carboxylic acid groups (broad SMARTS) is 1. The van der Waals surface area contributed by atoms with Crippen molar-refractivity contribution in [3.8, 4) is 16.9 Å². The predicted molar refractivity (Wildman–Crippen MR) is 119 cm³/mol. The molecule has 168 valence electrons. The monoisotopic (exact) mass is 478 g/mol. The molecule has 1 aromatic carbocycles. The van der Waals surface area contributed by atoms with Crippen LogP contribution in [0.25, 0.3) is 11.1 Å². The highest BCUT2D eigenvalue weighted by atomic mass is 35.5. The highest BCUT2D eigenvalue weighted by Crippen LogP contribution is 2.41. The van der Waals surface area contributed by atoms with Gasteiger partial charge in [0.25, 0.3) is 0 Å². The molecule has 0 saturated heterocycles. The Morgan fingerprint density at radius 3 is 2.88 bits per heavy atom. The number of benzene rings is 1. The van der Waals surface area contributed by atoms with Crippen LogP contribution in [0.3, 0.4) is 0 Å². The molecule has 3 atom stereocenters. The smallest absolute Gasteiger partial charge is 0.306 e. The molecule has 0 aliphatic heterocycles. The molecule has 32 heavy (non-hydrogen) atoms. The van der Waals surface area contributed by atoms with Gasteiger partial charge < -0.3 is 15.6 Å². The van der Waals surface area contributed by atoms with Crippen LogP contribution in [0.2, 0.25) is 10.0 Å². The number of pyridine rings is 1. The van der Waals surface area contributed by atoms with Gasteiger partial charge in [0, 0.05) is 40.7 Å². The van der Waals surface area contributed by atoms with Gasteiger partial charge in [-0.3, -0.25) is 9.48 Å². The number of carboxylic acids is 1. The molecule has 1 aliphatic carbocycles. The number of aliphatic carboxylic acids is 1. The van der Waals surface area contributed by atoms with E-state index in [0.717, 1.165) is 24.0 Å². The fourth-order valence-corrected chi connectivity index (χ4v) is 4.35. The normalized spacial score (nSPS) is 18.4. The third-order valence-electron chi connectivity index (χ3n) is 5.61. The molecule has 2 heterocycles. The van der Waals surface area contributed by atoms with E-state index < -0.39 is 17.9 Å². The second-order valence-electron chi connectivity index (χ2n) is 7.85. The van der Waals surface area contributed by atoms with Crippen molar-refractivity contribution < 1.29 is 19.0 Å². The number of halogens is 3. The number of anilines is 1. The number of nitrogen functional groups attached to an aromatic ring is 1. The lowest BCUT2D eigenvalue weighted by atomic mass is 10.1. The SMILES string of the molecule is CC(Oc1cc(-c2cnn(CCC3CC3C(=O)O)c2)cnc1N)c1c(Cl)ccc(F)c1Cl. The van der Waals surface area contributed by atoms with Crippen LogP contribution in [0, 0.1) is 17.7 Å². The number of hydrogen-bond acceptors (Lipinski definition) is 5. The quantitative estimate of drug-likeness (QED) is 0.429. The molecular formula is C22H21Cl2FN4O3. The maximum atomic E-state index is 13.9. The first kappa shape index (κ1) is 22.4. The van der Waals surface area contributed by atoms with Gasteiger partial charge in [0.05, 0.1) is 17.1 Å². The van der Waals surface area contributed by atoms with Gasteiger partial charge in [0.2, 0.25) is 0 Å². The van der Waals surface area contributed by atoms with Gasteiger partial charge in [-0.1, -0.05) is 23.2 Å². The van der Waals surface area contributed by atoms with Crippen LogP contribution < -0.4 is 10.5 Å². The summed E-state index contributed by atoms with van der Waals surface area (Å²) in [6.07, 6.45) is 5.98. The van der Waals surface area contributed by atoms with Gasteiger partial charge in [-0.05, 0) is 43.9 Å². The molecule has 0 radical (unpaired) electrons. The van der Waals surface area contributed by atoms with Gasteiger partial charge in [0.1, 0.15) is 11.9 Å². The van der Waals surface area contributed by atoms with E-state index in [-0.39, 0.29) is 27.7 Å². The zero-order valence-corrected chi connectivity index (χ0v) is 18.6. The Labute approximate surface area is 193 Å². The molecule has 3 N–H and O–H groups in total. The van der Waals surface area contributed by atoms with E-state index in [1.807, 2.05) is 6.20 Å². The Hall–Kier alpha value is -2.84. The number of carbonyl (C=O) groups is 1. The minimum absolute atomic E-state index is 0.102. The predicted octanol–water partition coefficient (Wildman–Crippen LogP) is 5.22. The Balaban J connectivity index is 1.48. The summed E-state index contributed by atoms with van der Waals surface area (Å²) in [7, 11) is 0. The Morgan fingerprint density at radius 2 is 2.16 bits per heavy atom. The molecule has 1 fully saturated rings. The molecule has 0 bridgehead atoms. The largest absolute Gasteiger partial charge is 0.482 e. The summed E-state index contributed by atoms with van der Waals surface area (Å²) in [4.78, 5) is 15.2. The molecule has 2 aromatic heterocycles. The van der Waals surface area contributed by atoms with E-state index in [1.165, 1.54) is 12.1 Å². The second-order valence-corrected chi connectivity index (χ2v) is 8.63. The number of aromatic nitrogens is 3. The summed E-state index contributed by atoms with van der Waals surface area (Å²) in [5.74, 6) is -0.859. The maximum Gasteiger partial charge on any atom is 0.306 e. The van der Waals surface area contributed by atoms with Crippen molar-refractivity contribution >= 4 is 35.0 Å². The van der Waals surface area contributed by atoms with Crippen LogP contribution in [0.15, 0.2) is 36.8 Å². The highest BCUT2D eigenvalue weighted by molar-refractivity contribution is 6.36. The first-order valence-corrected chi connectivity index (χ1v) is 10.8. The van der Waals surface area contributed by atoms with E-state index >= 15 is 0 Å². The van der Waals surface area contributed by atoms with Crippen molar-refractivity contribution in [2.24, 2.45) is 11.8 Å². The summed E-state index contributed by atoms with van der Waals surface area (Å²) in [6.45, 7) is 2.33. The highest BCUT2D eigenvalue weighted by Gasteiger charge is 2.42. The van der Waals surface area contributed by atoms with Gasteiger partial charge >= 0.3 is 5.97 Å². The number of aryl methyl sites for hydroxylation is 1. The van der Waals surface area contributed by atoms with E-state index in [1.54, 1.807) is 30.1 Å². The molecule has 0 amide bonds. The fourth-order valence-electron chi connectivity index (χ4n) is 3.67. The summed E-state index contributed by atoms with van der Waals surface area (Å²) < 4.78 is 21.6. The average molecular weight is 479 g/mol. The third kappa shape index (κ3) is 4.66. The molecule has 1 saturated carbocycles. The maximum absolute atomic E-state index is 13.9. The number of ether oxygens (including phenoxy) is 1. The van der Waals surface area contributed by atoms with E-state index in [0.29, 0.717) is 17.9 Å². The van der Waals surface area contributed by atoms with Gasteiger partial charge in [-0.25, -0.2) is 9.37 Å². The second kappa shape index (κ2) is 8.96. The molecular weight excluding hydrogens is 458 g/mol. The van der Waals surface area contributed by atoms with E-state index in [2.05, 4.69) is 10.1 Å². The summed E-state index contributed by atoms with van der Waals surface area (Å²) in [6, 6.07) is 4.34. The molecule has 0 spiro atoms. The standard InChI is InChI=1S/C22H21Cl2FN4O3/c1-11(19-16(23)2-3-17(25)20(19)24)32-18-7-13(8-27-21(18)26)14-9-28-29(10-14)5-4-12-6-15(12)22(30)31/h2-3,7-12,15H,4-6H2,1H3,(H2,26,27)(H,30,31). The van der Waals surface area contributed by atoms with Crippen molar-refractivity contribution in [2.45, 2.75) is 32.4 Å². The van der Waals surface area contributed by atoms with Gasteiger partial charge in [-0.15, -0.1) is 0 Å². The number of rotatable bonds is 8. The minimum atomic E-state index is -0.730. The van der Waals surface area contributed by atoms with Crippen LogP contribution in [0.5, 0.6) is 5.75 Å². The lowest BCUT2D eigenvalue weighted by Crippen LogP contribution is -2.08. The average Bonchev–Trinajstić information content (AvgIpc) is 3.39. The first-order valence-electron chi connectivity index (χ1n) is 10.1. The van der Waals surface area contributed by atoms with Crippen LogP contribution in [0.1, 0.15) is 31.4 Å². The van der Waals surface area contributed by atoms with Crippen LogP contribution >= 0.6 is 23.2 Å². The van der Waals surface area contributed by atoms with Crippen LogP contribution in [0.4, 0.5) is 10.2 Å². The van der Waals surface area contributed by atoms with Crippen molar-refractivity contribution in [1.29, 1.82) is 0 Å². The molecule has 7 nitrogen and oxygen atoms in total. The Morgan fingerprint density at radius 1 is 1.38 bits per heavy atom. The molecule has 3 aromatic rings. The van der Waals surface area contributed by atoms with E-state index in [4.69, 9.17) is 38.8 Å². The minimum Gasteiger partial charge on any atom is -0.482 e. The van der Waals surface area contributed by atoms with Crippen molar-refractivity contribution in [3.05, 3.63) is 58.2 Å². The lowest BCUT2D eigenvalue weighted by Gasteiger charge is -2.19. The zero-order chi connectivity index (χ0) is 23.0. The van der Waals surface area contributed by atoms with Crippen LogP contribution in [-0.2, 0) is 11.3 Å². The molecule has 10 heteroatoms. The first-order chi connectivity index (χ1) is 15.2. The summed E-state index contributed by atoms with van der Waals surface area (Å²) >= 11 is 12.3. The van der Waals surface area contributed by atoms with Gasteiger partial charge in [-0.2, -0.15) is 5.10 Å². The third-order valence-corrected chi connectivity index (χ3v) is 6.32. The lowest BCUT2D eigenvalue weighted by molar-refractivity contribution is -0.138. The van der Waals surface area contributed by atoms with Crippen molar-refractivity contribution in [3.63, 3.8) is 0 Å². The Kier molecular flexibility index (Phi) is 6.26. The summed E-state index contributed by atoms with van der Waals surface area (Å²) in [5.41, 5.74) is 7.85. The number of nitrogens with zero attached hydrogens (tertiary/aromatic N) is 3.